The molecule has 0 aliphatic carbocycles. The SMILES string of the molecule is COC(=O)NN=C(C)c1sc(-c2ccncc2)nc1C. The number of hydrogen-bond donors (Lipinski definition) is 1. The number of pyridine rings is 1. The van der Waals surface area contributed by atoms with E-state index in [1.165, 1.54) is 18.4 Å². The monoisotopic (exact) mass is 290 g/mol. The minimum atomic E-state index is -0.596. The molecule has 0 aromatic carbocycles. The number of aromatic nitrogens is 2. The lowest BCUT2D eigenvalue weighted by Crippen LogP contribution is -2.18. The molecule has 20 heavy (non-hydrogen) atoms. The number of hydrazone groups is 1. The number of amides is 1. The smallest absolute Gasteiger partial charge is 0.427 e. The fraction of sp³-hybridized carbons (Fsp3) is 0.231. The fourth-order valence-corrected chi connectivity index (χ4v) is 2.59. The molecule has 104 valence electrons. The van der Waals surface area contributed by atoms with Gasteiger partial charge >= 0.3 is 6.09 Å². The zero-order valence-corrected chi connectivity index (χ0v) is 12.2. The maximum Gasteiger partial charge on any atom is 0.427 e. The first kappa shape index (κ1) is 14.1. The summed E-state index contributed by atoms with van der Waals surface area (Å²) in [5, 5.41) is 4.88. The van der Waals surface area contributed by atoms with E-state index in [0.29, 0.717) is 5.71 Å². The van der Waals surface area contributed by atoms with E-state index in [1.807, 2.05) is 26.0 Å². The molecule has 2 heterocycles. The quantitative estimate of drug-likeness (QED) is 0.696. The Kier molecular flexibility index (Phi) is 4.41. The van der Waals surface area contributed by atoms with Crippen LogP contribution in [0.3, 0.4) is 0 Å². The highest BCUT2D eigenvalue weighted by Crippen LogP contribution is 2.27. The van der Waals surface area contributed by atoms with Gasteiger partial charge in [0.2, 0.25) is 0 Å². The predicted octanol–water partition coefficient (Wildman–Crippen LogP) is 2.59. The maximum atomic E-state index is 11.0. The molecule has 0 aliphatic heterocycles. The first-order valence-corrected chi connectivity index (χ1v) is 6.70. The minimum absolute atomic E-state index is 0.596. The second kappa shape index (κ2) is 6.25. The molecule has 2 aromatic heterocycles. The van der Waals surface area contributed by atoms with Gasteiger partial charge in [0, 0.05) is 18.0 Å². The highest BCUT2D eigenvalue weighted by molar-refractivity contribution is 7.17. The Bertz CT molecular complexity index is 637. The van der Waals surface area contributed by atoms with Crippen LogP contribution in [0.5, 0.6) is 0 Å². The summed E-state index contributed by atoms with van der Waals surface area (Å²) in [5.74, 6) is 0. The number of methoxy groups -OCH3 is 1. The number of carbonyl (C=O) groups excluding carboxylic acids is 1. The van der Waals surface area contributed by atoms with Crippen molar-refractivity contribution >= 4 is 23.1 Å². The number of rotatable bonds is 3. The summed E-state index contributed by atoms with van der Waals surface area (Å²) in [6.07, 6.45) is 2.86. The molecule has 0 fully saturated rings. The van der Waals surface area contributed by atoms with Gasteiger partial charge in [-0.15, -0.1) is 11.3 Å². The summed E-state index contributed by atoms with van der Waals surface area (Å²) in [6, 6.07) is 3.81. The van der Waals surface area contributed by atoms with E-state index in [4.69, 9.17) is 0 Å². The average molecular weight is 290 g/mol. The van der Waals surface area contributed by atoms with Crippen molar-refractivity contribution in [2.45, 2.75) is 13.8 Å². The molecule has 0 aliphatic rings. The van der Waals surface area contributed by atoms with Gasteiger partial charge in [-0.05, 0) is 26.0 Å². The van der Waals surface area contributed by atoms with Crippen LogP contribution in [0.15, 0.2) is 29.6 Å². The van der Waals surface area contributed by atoms with Crippen LogP contribution in [0.25, 0.3) is 10.6 Å². The van der Waals surface area contributed by atoms with Gasteiger partial charge in [0.15, 0.2) is 0 Å². The number of hydrogen-bond acceptors (Lipinski definition) is 6. The standard InChI is InChI=1S/C13H14N4O2S/c1-8-11(9(2)16-17-13(18)19-3)20-12(15-8)10-4-6-14-7-5-10/h4-7H,1-3H3,(H,17,18). The third-order valence-corrected chi connectivity index (χ3v) is 3.87. The van der Waals surface area contributed by atoms with Gasteiger partial charge in [-0.3, -0.25) is 4.98 Å². The maximum absolute atomic E-state index is 11.0. The molecular weight excluding hydrogens is 276 g/mol. The molecule has 1 amide bonds. The number of carbonyl (C=O) groups is 1. The topological polar surface area (TPSA) is 76.5 Å². The van der Waals surface area contributed by atoms with Crippen molar-refractivity contribution in [1.29, 1.82) is 0 Å². The molecule has 7 heteroatoms. The zero-order valence-electron chi connectivity index (χ0n) is 11.4. The molecule has 0 spiro atoms. The van der Waals surface area contributed by atoms with Crippen LogP contribution in [0, 0.1) is 6.92 Å². The summed E-state index contributed by atoms with van der Waals surface area (Å²) in [6.45, 7) is 3.72. The van der Waals surface area contributed by atoms with E-state index in [2.05, 4.69) is 25.2 Å². The van der Waals surface area contributed by atoms with Gasteiger partial charge in [-0.1, -0.05) is 0 Å². The van der Waals surface area contributed by atoms with E-state index in [0.717, 1.165) is 21.1 Å². The molecule has 6 nitrogen and oxygen atoms in total. The largest absolute Gasteiger partial charge is 0.452 e. The summed E-state index contributed by atoms with van der Waals surface area (Å²) >= 11 is 1.52. The third-order valence-electron chi connectivity index (χ3n) is 2.55. The molecular formula is C13H14N4O2S. The Labute approximate surface area is 120 Å². The van der Waals surface area contributed by atoms with Crippen molar-refractivity contribution in [2.24, 2.45) is 5.10 Å². The van der Waals surface area contributed by atoms with Crippen LogP contribution >= 0.6 is 11.3 Å². The van der Waals surface area contributed by atoms with Gasteiger partial charge in [0.25, 0.3) is 0 Å². The first-order valence-electron chi connectivity index (χ1n) is 5.88. The summed E-state index contributed by atoms with van der Waals surface area (Å²) in [7, 11) is 1.29. The van der Waals surface area contributed by atoms with Crippen molar-refractivity contribution in [3.05, 3.63) is 35.1 Å². The molecule has 0 bridgehead atoms. The second-order valence-corrected chi connectivity index (χ2v) is 4.97. The molecule has 2 aromatic rings. The number of ether oxygens (including phenoxy) is 1. The van der Waals surface area contributed by atoms with Crippen LogP contribution in [0.4, 0.5) is 4.79 Å². The van der Waals surface area contributed by atoms with Crippen molar-refractivity contribution in [3.63, 3.8) is 0 Å². The summed E-state index contributed by atoms with van der Waals surface area (Å²) in [5.41, 5.74) is 4.87. The van der Waals surface area contributed by atoms with Crippen molar-refractivity contribution < 1.29 is 9.53 Å². The van der Waals surface area contributed by atoms with Crippen molar-refractivity contribution in [1.82, 2.24) is 15.4 Å². The number of nitrogens with one attached hydrogen (secondary N) is 1. The van der Waals surface area contributed by atoms with Gasteiger partial charge < -0.3 is 4.74 Å². The Morgan fingerprint density at radius 2 is 2.10 bits per heavy atom. The lowest BCUT2D eigenvalue weighted by atomic mass is 10.3. The highest BCUT2D eigenvalue weighted by Gasteiger charge is 2.12. The van der Waals surface area contributed by atoms with Crippen LogP contribution in [0.2, 0.25) is 0 Å². The van der Waals surface area contributed by atoms with Gasteiger partial charge in [0.1, 0.15) is 5.01 Å². The summed E-state index contributed by atoms with van der Waals surface area (Å²) in [4.78, 5) is 20.4. The number of thiazole rings is 1. The average Bonchev–Trinajstić information content (AvgIpc) is 2.87. The van der Waals surface area contributed by atoms with Gasteiger partial charge in [0.05, 0.1) is 23.4 Å². The minimum Gasteiger partial charge on any atom is -0.452 e. The van der Waals surface area contributed by atoms with Crippen molar-refractivity contribution in [3.8, 4) is 10.6 Å². The molecule has 0 saturated carbocycles. The Hall–Kier alpha value is -2.28. The second-order valence-electron chi connectivity index (χ2n) is 3.97. The fourth-order valence-electron chi connectivity index (χ4n) is 1.58. The highest BCUT2D eigenvalue weighted by atomic mass is 32.1. The van der Waals surface area contributed by atoms with E-state index in [9.17, 15) is 4.79 Å². The molecule has 0 atom stereocenters. The van der Waals surface area contributed by atoms with Gasteiger partial charge in [-0.2, -0.15) is 5.10 Å². The van der Waals surface area contributed by atoms with Crippen LogP contribution in [-0.4, -0.2) is 28.9 Å². The predicted molar refractivity (Wildman–Crippen MR) is 77.8 cm³/mol. The zero-order chi connectivity index (χ0) is 14.5. The van der Waals surface area contributed by atoms with Crippen molar-refractivity contribution in [2.75, 3.05) is 7.11 Å². The third kappa shape index (κ3) is 3.18. The molecule has 0 saturated heterocycles. The van der Waals surface area contributed by atoms with E-state index < -0.39 is 6.09 Å². The lowest BCUT2D eigenvalue weighted by molar-refractivity contribution is 0.171. The van der Waals surface area contributed by atoms with E-state index >= 15 is 0 Å². The number of aryl methyl sites for hydroxylation is 1. The van der Waals surface area contributed by atoms with Crippen LogP contribution in [-0.2, 0) is 4.74 Å². The normalized spacial score (nSPS) is 11.2. The van der Waals surface area contributed by atoms with E-state index in [-0.39, 0.29) is 0 Å². The van der Waals surface area contributed by atoms with Crippen LogP contribution in [0.1, 0.15) is 17.5 Å². The van der Waals surface area contributed by atoms with E-state index in [1.54, 1.807) is 12.4 Å². The lowest BCUT2D eigenvalue weighted by Gasteiger charge is -1.99. The molecule has 1 N–H and O–H groups in total. The number of nitrogens with zero attached hydrogens (tertiary/aromatic N) is 3. The first-order chi connectivity index (χ1) is 9.61. The Morgan fingerprint density at radius 1 is 1.40 bits per heavy atom. The summed E-state index contributed by atoms with van der Waals surface area (Å²) < 4.78 is 4.46. The van der Waals surface area contributed by atoms with Crippen LogP contribution < -0.4 is 5.43 Å². The molecule has 2 rings (SSSR count). The van der Waals surface area contributed by atoms with Gasteiger partial charge in [-0.25, -0.2) is 15.2 Å². The Morgan fingerprint density at radius 3 is 2.75 bits per heavy atom. The molecule has 0 radical (unpaired) electrons. The molecule has 0 unspecified atom stereocenters. The Balaban J connectivity index is 2.26.